The fraction of sp³-hybridized carbons (Fsp3) is 0.414. The summed E-state index contributed by atoms with van der Waals surface area (Å²) < 4.78 is 7.58. The van der Waals surface area contributed by atoms with Crippen LogP contribution in [-0.2, 0) is 22.4 Å². The van der Waals surface area contributed by atoms with Crippen molar-refractivity contribution in [1.82, 2.24) is 14.7 Å². The van der Waals surface area contributed by atoms with Gasteiger partial charge in [0.1, 0.15) is 5.75 Å². The zero-order valence-electron chi connectivity index (χ0n) is 21.1. The highest BCUT2D eigenvalue weighted by atomic mass is 16.5. The number of benzene rings is 2. The Kier molecular flexibility index (Phi) is 7.07. The number of likely N-dealkylation sites (tertiary alicyclic amines) is 1. The Morgan fingerprint density at radius 1 is 1.06 bits per heavy atom. The molecule has 0 unspecified atom stereocenters. The van der Waals surface area contributed by atoms with Gasteiger partial charge in [-0.3, -0.25) is 9.59 Å². The molecule has 188 valence electrons. The molecule has 1 fully saturated rings. The molecule has 2 aliphatic heterocycles. The second kappa shape index (κ2) is 10.6. The molecule has 1 aromatic heterocycles. The van der Waals surface area contributed by atoms with Crippen LogP contribution in [-0.4, -0.2) is 46.2 Å². The second-order valence-corrected chi connectivity index (χ2v) is 10.0. The van der Waals surface area contributed by atoms with Gasteiger partial charge in [0.05, 0.1) is 24.4 Å². The molecule has 1 saturated heterocycles. The third kappa shape index (κ3) is 5.61. The van der Waals surface area contributed by atoms with Crippen LogP contribution in [0.2, 0.25) is 0 Å². The molecule has 36 heavy (non-hydrogen) atoms. The summed E-state index contributed by atoms with van der Waals surface area (Å²) in [6.45, 7) is 6.20. The van der Waals surface area contributed by atoms with E-state index in [1.165, 1.54) is 5.56 Å². The van der Waals surface area contributed by atoms with Gasteiger partial charge in [0.2, 0.25) is 11.8 Å². The molecule has 0 bridgehead atoms. The van der Waals surface area contributed by atoms with Gasteiger partial charge < -0.3 is 15.0 Å². The van der Waals surface area contributed by atoms with Gasteiger partial charge in [-0.1, -0.05) is 12.1 Å². The molecule has 0 radical (unpaired) electrons. The number of hydrogen-bond donors (Lipinski definition) is 1. The summed E-state index contributed by atoms with van der Waals surface area (Å²) in [5, 5.41) is 7.52. The number of piperidine rings is 1. The van der Waals surface area contributed by atoms with Crippen molar-refractivity contribution in [3.05, 3.63) is 71.0 Å². The maximum absolute atomic E-state index is 12.9. The van der Waals surface area contributed by atoms with Crippen LogP contribution in [0.25, 0.3) is 5.69 Å². The molecule has 5 rings (SSSR count). The first-order valence-electron chi connectivity index (χ1n) is 12.9. The number of nitrogens with zero attached hydrogens (tertiary/aromatic N) is 3. The lowest BCUT2D eigenvalue weighted by molar-refractivity contribution is -0.131. The fourth-order valence-corrected chi connectivity index (χ4v) is 5.25. The number of aryl methyl sites for hydroxylation is 3. The largest absolute Gasteiger partial charge is 0.493 e. The van der Waals surface area contributed by atoms with Crippen molar-refractivity contribution in [2.75, 3.05) is 25.0 Å². The Balaban J connectivity index is 1.08. The molecule has 1 N–H and O–H groups in total. The first-order valence-corrected chi connectivity index (χ1v) is 12.9. The number of carbonyl (C=O) groups is 2. The number of hydrogen-bond acceptors (Lipinski definition) is 4. The van der Waals surface area contributed by atoms with Crippen LogP contribution in [0.5, 0.6) is 5.75 Å². The van der Waals surface area contributed by atoms with E-state index in [4.69, 9.17) is 4.74 Å². The molecule has 7 heteroatoms. The Morgan fingerprint density at radius 3 is 2.56 bits per heavy atom. The van der Waals surface area contributed by atoms with Gasteiger partial charge in [0.25, 0.3) is 0 Å². The first-order chi connectivity index (χ1) is 17.4. The van der Waals surface area contributed by atoms with Crippen LogP contribution in [0.15, 0.2) is 48.5 Å². The van der Waals surface area contributed by atoms with Crippen molar-refractivity contribution in [1.29, 1.82) is 0 Å². The van der Waals surface area contributed by atoms with E-state index < -0.39 is 0 Å². The zero-order chi connectivity index (χ0) is 25.1. The van der Waals surface area contributed by atoms with Crippen molar-refractivity contribution < 1.29 is 14.3 Å². The third-order valence-corrected chi connectivity index (χ3v) is 7.17. The summed E-state index contributed by atoms with van der Waals surface area (Å²) in [7, 11) is 0. The molecule has 3 aromatic rings. The minimum atomic E-state index is 0.0231. The second-order valence-electron chi connectivity index (χ2n) is 10.0. The maximum atomic E-state index is 12.9. The van der Waals surface area contributed by atoms with Gasteiger partial charge in [-0.05, 0) is 93.0 Å². The van der Waals surface area contributed by atoms with Gasteiger partial charge in [-0.25, -0.2) is 4.68 Å². The van der Waals surface area contributed by atoms with Crippen LogP contribution in [0.4, 0.5) is 5.69 Å². The quantitative estimate of drug-likeness (QED) is 0.551. The van der Waals surface area contributed by atoms with Gasteiger partial charge in [-0.15, -0.1) is 0 Å². The standard InChI is InChI=1S/C29H34N4O3/c1-20-16-21(2)33(31-20)26-8-6-25(7-9-26)30-28(34)18-22-11-13-32(14-12-22)29(35)19-23-5-10-27-24(17-23)4-3-15-36-27/h5-10,16-17,22H,3-4,11-15,18-19H2,1-2H3,(H,30,34). The number of carbonyl (C=O) groups excluding carboxylic acids is 2. The number of anilines is 1. The van der Waals surface area contributed by atoms with E-state index in [1.807, 2.05) is 65.9 Å². The van der Waals surface area contributed by atoms with E-state index in [9.17, 15) is 9.59 Å². The van der Waals surface area contributed by atoms with E-state index in [-0.39, 0.29) is 11.8 Å². The lowest BCUT2D eigenvalue weighted by Gasteiger charge is -2.32. The molecule has 0 atom stereocenters. The van der Waals surface area contributed by atoms with Crippen LogP contribution in [0.3, 0.4) is 0 Å². The minimum Gasteiger partial charge on any atom is -0.493 e. The van der Waals surface area contributed by atoms with Crippen LogP contribution in [0.1, 0.15) is 48.2 Å². The van der Waals surface area contributed by atoms with E-state index in [0.717, 1.165) is 66.4 Å². The predicted molar refractivity (Wildman–Crippen MR) is 140 cm³/mol. The molecule has 2 amide bonds. The SMILES string of the molecule is Cc1cc(C)n(-c2ccc(NC(=O)CC3CCN(C(=O)Cc4ccc5c(c4)CCCO5)CC3)cc2)n1. The molecule has 3 heterocycles. The number of rotatable bonds is 6. The molecule has 2 aliphatic rings. The molecule has 2 aromatic carbocycles. The molecule has 7 nitrogen and oxygen atoms in total. The summed E-state index contributed by atoms with van der Waals surface area (Å²) in [4.78, 5) is 27.5. The summed E-state index contributed by atoms with van der Waals surface area (Å²) >= 11 is 0. The molecule has 0 saturated carbocycles. The van der Waals surface area contributed by atoms with E-state index in [0.29, 0.717) is 31.8 Å². The maximum Gasteiger partial charge on any atom is 0.226 e. The summed E-state index contributed by atoms with van der Waals surface area (Å²) in [6.07, 6.45) is 4.65. The van der Waals surface area contributed by atoms with Crippen molar-refractivity contribution in [2.45, 2.75) is 52.4 Å². The highest BCUT2D eigenvalue weighted by Gasteiger charge is 2.25. The lowest BCUT2D eigenvalue weighted by Crippen LogP contribution is -2.40. The van der Waals surface area contributed by atoms with Crippen LogP contribution in [0, 0.1) is 19.8 Å². The Bertz CT molecular complexity index is 1240. The Hall–Kier alpha value is -3.61. The van der Waals surface area contributed by atoms with Crippen molar-refractivity contribution in [3.63, 3.8) is 0 Å². The van der Waals surface area contributed by atoms with E-state index in [1.54, 1.807) is 0 Å². The Labute approximate surface area is 212 Å². The van der Waals surface area contributed by atoms with Crippen LogP contribution >= 0.6 is 0 Å². The van der Waals surface area contributed by atoms with Crippen molar-refractivity contribution in [3.8, 4) is 11.4 Å². The number of amides is 2. The zero-order valence-corrected chi connectivity index (χ0v) is 21.1. The molecular formula is C29H34N4O3. The average Bonchev–Trinajstić information content (AvgIpc) is 3.22. The van der Waals surface area contributed by atoms with Crippen molar-refractivity contribution in [2.24, 2.45) is 5.92 Å². The number of fused-ring (bicyclic) bond motifs is 1. The third-order valence-electron chi connectivity index (χ3n) is 7.17. The highest BCUT2D eigenvalue weighted by molar-refractivity contribution is 5.91. The van der Waals surface area contributed by atoms with Gasteiger partial charge in [0.15, 0.2) is 0 Å². The number of nitrogens with one attached hydrogen (secondary N) is 1. The van der Waals surface area contributed by atoms with Gasteiger partial charge >= 0.3 is 0 Å². The fourth-order valence-electron chi connectivity index (χ4n) is 5.25. The average molecular weight is 487 g/mol. The molecular weight excluding hydrogens is 452 g/mol. The summed E-state index contributed by atoms with van der Waals surface area (Å²) in [6, 6.07) is 15.9. The van der Waals surface area contributed by atoms with Crippen molar-refractivity contribution >= 4 is 17.5 Å². The van der Waals surface area contributed by atoms with Crippen LogP contribution < -0.4 is 10.1 Å². The monoisotopic (exact) mass is 486 g/mol. The lowest BCUT2D eigenvalue weighted by atomic mass is 9.92. The number of aromatic nitrogens is 2. The first kappa shape index (κ1) is 24.1. The highest BCUT2D eigenvalue weighted by Crippen LogP contribution is 2.27. The van der Waals surface area contributed by atoms with Gasteiger partial charge in [-0.2, -0.15) is 5.10 Å². The predicted octanol–water partition coefficient (Wildman–Crippen LogP) is 4.62. The molecule has 0 spiro atoms. The van der Waals surface area contributed by atoms with E-state index in [2.05, 4.69) is 16.5 Å². The summed E-state index contributed by atoms with van der Waals surface area (Å²) in [5.41, 5.74) is 6.07. The summed E-state index contributed by atoms with van der Waals surface area (Å²) in [5.74, 6) is 1.44. The Morgan fingerprint density at radius 2 is 1.83 bits per heavy atom. The number of ether oxygens (including phenoxy) is 1. The minimum absolute atomic E-state index is 0.0231. The van der Waals surface area contributed by atoms with E-state index >= 15 is 0 Å². The van der Waals surface area contributed by atoms with Gasteiger partial charge in [0, 0.05) is 30.9 Å². The normalized spacial score (nSPS) is 15.8. The topological polar surface area (TPSA) is 76.5 Å². The molecule has 0 aliphatic carbocycles. The smallest absolute Gasteiger partial charge is 0.226 e.